The van der Waals surface area contributed by atoms with Crippen molar-refractivity contribution in [2.75, 3.05) is 13.1 Å². The third-order valence-electron chi connectivity index (χ3n) is 2.77. The van der Waals surface area contributed by atoms with Crippen LogP contribution in [-0.2, 0) is 4.79 Å². The van der Waals surface area contributed by atoms with Crippen molar-refractivity contribution in [1.29, 1.82) is 0 Å². The predicted molar refractivity (Wildman–Crippen MR) is 74.4 cm³/mol. The molecule has 1 amide bonds. The fourth-order valence-electron chi connectivity index (χ4n) is 1.76. The molecule has 0 bridgehead atoms. The van der Waals surface area contributed by atoms with Crippen LogP contribution in [0.1, 0.15) is 30.6 Å². The zero-order valence-electron chi connectivity index (χ0n) is 11.1. The molecule has 0 radical (unpaired) electrons. The van der Waals surface area contributed by atoms with Crippen LogP contribution in [0.5, 0.6) is 0 Å². The predicted octanol–water partition coefficient (Wildman–Crippen LogP) is 2.91. The van der Waals surface area contributed by atoms with Crippen LogP contribution in [0.25, 0.3) is 0 Å². The van der Waals surface area contributed by atoms with Crippen molar-refractivity contribution in [1.82, 2.24) is 4.90 Å². The molecule has 0 aliphatic rings. The standard InChI is InChI=1S/C14H18ClNO3/c1-3-7-16(9-10(2)14(18)19)13(17)11-5-4-6-12(15)8-11/h4-6,8,10H,3,7,9H2,1-2H3,(H,18,19). The Morgan fingerprint density at radius 2 is 2.11 bits per heavy atom. The van der Waals surface area contributed by atoms with Crippen molar-refractivity contribution in [2.45, 2.75) is 20.3 Å². The van der Waals surface area contributed by atoms with E-state index in [4.69, 9.17) is 16.7 Å². The second-order valence-corrected chi connectivity index (χ2v) is 4.94. The molecule has 4 nitrogen and oxygen atoms in total. The van der Waals surface area contributed by atoms with Gasteiger partial charge in [0.05, 0.1) is 5.92 Å². The summed E-state index contributed by atoms with van der Waals surface area (Å²) in [6.07, 6.45) is 0.776. The van der Waals surface area contributed by atoms with E-state index in [9.17, 15) is 9.59 Å². The average molecular weight is 284 g/mol. The van der Waals surface area contributed by atoms with Gasteiger partial charge in [0, 0.05) is 23.7 Å². The summed E-state index contributed by atoms with van der Waals surface area (Å²) in [6, 6.07) is 6.68. The molecule has 1 aromatic rings. The molecule has 5 heteroatoms. The van der Waals surface area contributed by atoms with Gasteiger partial charge < -0.3 is 10.0 Å². The van der Waals surface area contributed by atoms with Gasteiger partial charge in [-0.05, 0) is 24.6 Å². The fourth-order valence-corrected chi connectivity index (χ4v) is 1.95. The summed E-state index contributed by atoms with van der Waals surface area (Å²) in [6.45, 7) is 4.28. The number of benzene rings is 1. The Balaban J connectivity index is 2.86. The van der Waals surface area contributed by atoms with Crippen LogP contribution in [0, 0.1) is 5.92 Å². The molecular weight excluding hydrogens is 266 g/mol. The van der Waals surface area contributed by atoms with Crippen molar-refractivity contribution in [2.24, 2.45) is 5.92 Å². The Hall–Kier alpha value is -1.55. The summed E-state index contributed by atoms with van der Waals surface area (Å²) in [4.78, 5) is 24.8. The molecule has 0 spiro atoms. The monoisotopic (exact) mass is 283 g/mol. The lowest BCUT2D eigenvalue weighted by atomic mass is 10.1. The summed E-state index contributed by atoms with van der Waals surface area (Å²) < 4.78 is 0. The van der Waals surface area contributed by atoms with Gasteiger partial charge in [0.1, 0.15) is 0 Å². The Morgan fingerprint density at radius 1 is 1.42 bits per heavy atom. The Labute approximate surface area is 118 Å². The van der Waals surface area contributed by atoms with Crippen LogP contribution >= 0.6 is 11.6 Å². The van der Waals surface area contributed by atoms with E-state index in [0.717, 1.165) is 6.42 Å². The molecule has 104 valence electrons. The van der Waals surface area contributed by atoms with Crippen molar-refractivity contribution < 1.29 is 14.7 Å². The highest BCUT2D eigenvalue weighted by atomic mass is 35.5. The highest BCUT2D eigenvalue weighted by Gasteiger charge is 2.21. The van der Waals surface area contributed by atoms with Gasteiger partial charge in [-0.1, -0.05) is 31.5 Å². The first-order valence-corrected chi connectivity index (χ1v) is 6.61. The minimum absolute atomic E-state index is 0.183. The summed E-state index contributed by atoms with van der Waals surface area (Å²) in [5, 5.41) is 9.43. The van der Waals surface area contributed by atoms with Gasteiger partial charge in [-0.25, -0.2) is 0 Å². The third-order valence-corrected chi connectivity index (χ3v) is 3.00. The number of carboxylic acid groups (broad SMARTS) is 1. The lowest BCUT2D eigenvalue weighted by molar-refractivity contribution is -0.141. The first-order chi connectivity index (χ1) is 8.95. The van der Waals surface area contributed by atoms with Crippen molar-refractivity contribution >= 4 is 23.5 Å². The minimum Gasteiger partial charge on any atom is -0.481 e. The number of hydrogen-bond acceptors (Lipinski definition) is 2. The van der Waals surface area contributed by atoms with Gasteiger partial charge >= 0.3 is 5.97 Å². The van der Waals surface area contributed by atoms with Crippen LogP contribution in [0.4, 0.5) is 0 Å². The maximum absolute atomic E-state index is 12.3. The van der Waals surface area contributed by atoms with Gasteiger partial charge in [-0.3, -0.25) is 9.59 Å². The van der Waals surface area contributed by atoms with Gasteiger partial charge in [-0.15, -0.1) is 0 Å². The minimum atomic E-state index is -0.903. The second-order valence-electron chi connectivity index (χ2n) is 4.50. The third kappa shape index (κ3) is 4.56. The number of aliphatic carboxylic acids is 1. The Morgan fingerprint density at radius 3 is 2.63 bits per heavy atom. The van der Waals surface area contributed by atoms with E-state index in [1.807, 2.05) is 6.92 Å². The van der Waals surface area contributed by atoms with Gasteiger partial charge in [0.15, 0.2) is 0 Å². The molecule has 0 aliphatic heterocycles. The van der Waals surface area contributed by atoms with E-state index in [1.165, 1.54) is 0 Å². The smallest absolute Gasteiger partial charge is 0.308 e. The molecule has 1 aromatic carbocycles. The maximum atomic E-state index is 12.3. The Kier molecular flexibility index (Phi) is 5.83. The lowest BCUT2D eigenvalue weighted by Gasteiger charge is -2.24. The number of carboxylic acids is 1. The van der Waals surface area contributed by atoms with Gasteiger partial charge in [0.2, 0.25) is 0 Å². The number of hydrogen-bond donors (Lipinski definition) is 1. The molecule has 1 unspecified atom stereocenters. The fraction of sp³-hybridized carbons (Fsp3) is 0.429. The molecule has 0 saturated heterocycles. The summed E-state index contributed by atoms with van der Waals surface area (Å²) in [7, 11) is 0. The maximum Gasteiger partial charge on any atom is 0.308 e. The average Bonchev–Trinajstić information content (AvgIpc) is 2.37. The van der Waals surface area contributed by atoms with Crippen molar-refractivity contribution in [3.05, 3.63) is 34.9 Å². The molecule has 1 atom stereocenters. The Bertz CT molecular complexity index is 462. The van der Waals surface area contributed by atoms with E-state index >= 15 is 0 Å². The zero-order valence-corrected chi connectivity index (χ0v) is 11.9. The van der Waals surface area contributed by atoms with Crippen molar-refractivity contribution in [3.8, 4) is 0 Å². The molecule has 0 saturated carbocycles. The number of carbonyl (C=O) groups excluding carboxylic acids is 1. The molecule has 0 aliphatic carbocycles. The summed E-state index contributed by atoms with van der Waals surface area (Å²) in [5.74, 6) is -1.67. The SMILES string of the molecule is CCCN(CC(C)C(=O)O)C(=O)c1cccc(Cl)c1. The van der Waals surface area contributed by atoms with E-state index in [-0.39, 0.29) is 12.5 Å². The molecule has 0 heterocycles. The number of carbonyl (C=O) groups is 2. The first-order valence-electron chi connectivity index (χ1n) is 6.23. The molecule has 1 rings (SSSR count). The molecule has 1 N–H and O–H groups in total. The highest BCUT2D eigenvalue weighted by Crippen LogP contribution is 2.14. The molecule has 19 heavy (non-hydrogen) atoms. The molecular formula is C14H18ClNO3. The van der Waals surface area contributed by atoms with Crippen LogP contribution in [0.15, 0.2) is 24.3 Å². The first kappa shape index (κ1) is 15.5. The number of rotatable bonds is 6. The van der Waals surface area contributed by atoms with E-state index in [0.29, 0.717) is 17.1 Å². The summed E-state index contributed by atoms with van der Waals surface area (Å²) >= 11 is 5.86. The number of halogens is 1. The number of nitrogens with zero attached hydrogens (tertiary/aromatic N) is 1. The van der Waals surface area contributed by atoms with Gasteiger partial charge in [0.25, 0.3) is 5.91 Å². The van der Waals surface area contributed by atoms with Gasteiger partial charge in [-0.2, -0.15) is 0 Å². The summed E-state index contributed by atoms with van der Waals surface area (Å²) in [5.41, 5.74) is 0.485. The van der Waals surface area contributed by atoms with E-state index in [2.05, 4.69) is 0 Å². The zero-order chi connectivity index (χ0) is 14.4. The van der Waals surface area contributed by atoms with Crippen LogP contribution in [0.2, 0.25) is 5.02 Å². The normalized spacial score (nSPS) is 11.9. The van der Waals surface area contributed by atoms with Crippen molar-refractivity contribution in [3.63, 3.8) is 0 Å². The number of amides is 1. The van der Waals surface area contributed by atoms with E-state index < -0.39 is 11.9 Å². The molecule has 0 fully saturated rings. The second kappa shape index (κ2) is 7.14. The van der Waals surface area contributed by atoms with Crippen LogP contribution in [-0.4, -0.2) is 35.0 Å². The quantitative estimate of drug-likeness (QED) is 0.873. The topological polar surface area (TPSA) is 57.6 Å². The highest BCUT2D eigenvalue weighted by molar-refractivity contribution is 6.30. The molecule has 0 aromatic heterocycles. The van der Waals surface area contributed by atoms with Crippen LogP contribution in [0.3, 0.4) is 0 Å². The largest absolute Gasteiger partial charge is 0.481 e. The lowest BCUT2D eigenvalue weighted by Crippen LogP contribution is -2.37. The van der Waals surface area contributed by atoms with Crippen LogP contribution < -0.4 is 0 Å². The van der Waals surface area contributed by atoms with E-state index in [1.54, 1.807) is 36.1 Å².